The number of aliphatic hydroxyl groups is 1. The molecular formula is C19H23N3O6S. The van der Waals surface area contributed by atoms with Gasteiger partial charge in [-0.25, -0.2) is 8.42 Å². The third kappa shape index (κ3) is 5.93. The normalized spacial score (nSPS) is 12.2. The van der Waals surface area contributed by atoms with Crippen LogP contribution in [0.2, 0.25) is 0 Å². The Morgan fingerprint density at radius 1 is 1.17 bits per heavy atom. The molecule has 0 bridgehead atoms. The Labute approximate surface area is 168 Å². The Kier molecular flexibility index (Phi) is 6.83. The Morgan fingerprint density at radius 3 is 2.38 bits per heavy atom. The molecule has 1 atom stereocenters. The van der Waals surface area contributed by atoms with E-state index < -0.39 is 27.9 Å². The zero-order chi connectivity index (χ0) is 21.8. The van der Waals surface area contributed by atoms with Gasteiger partial charge in [-0.15, -0.1) is 0 Å². The molecule has 0 radical (unpaired) electrons. The van der Waals surface area contributed by atoms with Crippen molar-refractivity contribution in [3.8, 4) is 5.75 Å². The highest BCUT2D eigenvalue weighted by atomic mass is 32.2. The first-order chi connectivity index (χ1) is 13.5. The fourth-order valence-corrected chi connectivity index (χ4v) is 3.14. The number of hydrogen-bond acceptors (Lipinski definition) is 6. The highest BCUT2D eigenvalue weighted by Gasteiger charge is 2.19. The number of rotatable bonds is 8. The Bertz CT molecular complexity index is 1020. The number of phenols is 1. The average molecular weight is 421 g/mol. The van der Waals surface area contributed by atoms with E-state index >= 15 is 0 Å². The van der Waals surface area contributed by atoms with Gasteiger partial charge in [0.1, 0.15) is 5.75 Å². The van der Waals surface area contributed by atoms with Crippen molar-refractivity contribution in [2.24, 2.45) is 5.73 Å². The quantitative estimate of drug-likeness (QED) is 0.479. The first-order valence-electron chi connectivity index (χ1n) is 8.59. The lowest BCUT2D eigenvalue weighted by atomic mass is 10.0. The Balaban J connectivity index is 2.30. The summed E-state index contributed by atoms with van der Waals surface area (Å²) >= 11 is 0. The first-order valence-corrected chi connectivity index (χ1v) is 10.4. The number of sulfonamides is 1. The summed E-state index contributed by atoms with van der Waals surface area (Å²) in [6.45, 7) is -0.368. The van der Waals surface area contributed by atoms with Crippen LogP contribution in [-0.2, 0) is 16.4 Å². The smallest absolute Gasteiger partial charge is 0.251 e. The standard InChI is InChI=1S/C19H23N3O6S/c1-22(29(2,27)28)16-9-13(18(20)25)8-14(10-16)19(26)21-15(11-23)6-12-4-3-5-17(24)7-12/h3-5,7-10,15,23-24H,6,11H2,1-2H3,(H2,20,25)(H,21,26). The average Bonchev–Trinajstić information content (AvgIpc) is 2.65. The molecule has 0 saturated heterocycles. The molecule has 0 aromatic heterocycles. The van der Waals surface area contributed by atoms with Crippen LogP contribution >= 0.6 is 0 Å². The van der Waals surface area contributed by atoms with E-state index in [4.69, 9.17) is 5.73 Å². The van der Waals surface area contributed by atoms with E-state index in [0.29, 0.717) is 5.56 Å². The number of carbonyl (C=O) groups excluding carboxylic acids is 2. The number of hydrogen-bond donors (Lipinski definition) is 4. The maximum absolute atomic E-state index is 12.7. The van der Waals surface area contributed by atoms with Crippen LogP contribution < -0.4 is 15.4 Å². The van der Waals surface area contributed by atoms with Crippen molar-refractivity contribution in [1.29, 1.82) is 0 Å². The molecule has 156 valence electrons. The van der Waals surface area contributed by atoms with E-state index in [2.05, 4.69) is 5.32 Å². The molecular weight excluding hydrogens is 398 g/mol. The van der Waals surface area contributed by atoms with E-state index in [-0.39, 0.29) is 35.6 Å². The van der Waals surface area contributed by atoms with Crippen molar-refractivity contribution in [3.63, 3.8) is 0 Å². The summed E-state index contributed by atoms with van der Waals surface area (Å²) in [7, 11) is -2.34. The van der Waals surface area contributed by atoms with Crippen LogP contribution in [0, 0.1) is 0 Å². The van der Waals surface area contributed by atoms with Gasteiger partial charge in [-0.3, -0.25) is 13.9 Å². The molecule has 0 aliphatic heterocycles. The maximum Gasteiger partial charge on any atom is 0.251 e. The van der Waals surface area contributed by atoms with Crippen molar-refractivity contribution in [2.45, 2.75) is 12.5 Å². The van der Waals surface area contributed by atoms with Gasteiger partial charge in [0.15, 0.2) is 0 Å². The van der Waals surface area contributed by atoms with Gasteiger partial charge in [0.25, 0.3) is 5.91 Å². The van der Waals surface area contributed by atoms with Gasteiger partial charge in [0.05, 0.1) is 24.6 Å². The van der Waals surface area contributed by atoms with E-state index in [9.17, 15) is 28.2 Å². The summed E-state index contributed by atoms with van der Waals surface area (Å²) in [4.78, 5) is 24.3. The monoisotopic (exact) mass is 421 g/mol. The predicted octanol–water partition coefficient (Wildman–Crippen LogP) is 0.220. The van der Waals surface area contributed by atoms with Gasteiger partial charge in [-0.05, 0) is 42.3 Å². The lowest BCUT2D eigenvalue weighted by Crippen LogP contribution is -2.39. The van der Waals surface area contributed by atoms with Crippen molar-refractivity contribution in [3.05, 3.63) is 59.2 Å². The molecule has 0 heterocycles. The Hall–Kier alpha value is -3.11. The van der Waals surface area contributed by atoms with Crippen molar-refractivity contribution in [2.75, 3.05) is 24.2 Å². The van der Waals surface area contributed by atoms with Gasteiger partial charge in [0, 0.05) is 18.2 Å². The van der Waals surface area contributed by atoms with Crippen LogP contribution in [-0.4, -0.2) is 56.4 Å². The summed E-state index contributed by atoms with van der Waals surface area (Å²) in [5, 5.41) is 21.8. The van der Waals surface area contributed by atoms with E-state index in [1.54, 1.807) is 12.1 Å². The molecule has 2 rings (SSSR count). The van der Waals surface area contributed by atoms with E-state index in [1.807, 2.05) is 0 Å². The van der Waals surface area contributed by atoms with Gasteiger partial charge in [-0.2, -0.15) is 0 Å². The summed E-state index contributed by atoms with van der Waals surface area (Å²) in [5.41, 5.74) is 6.09. The molecule has 2 aromatic carbocycles. The second kappa shape index (κ2) is 8.93. The molecule has 0 fully saturated rings. The van der Waals surface area contributed by atoms with Gasteiger partial charge >= 0.3 is 0 Å². The molecule has 0 spiro atoms. The molecule has 0 aliphatic rings. The van der Waals surface area contributed by atoms with Crippen LogP contribution in [0.4, 0.5) is 5.69 Å². The first kappa shape index (κ1) is 22.2. The molecule has 1 unspecified atom stereocenters. The third-order valence-corrected chi connectivity index (χ3v) is 5.48. The molecule has 0 aliphatic carbocycles. The van der Waals surface area contributed by atoms with Crippen LogP contribution in [0.1, 0.15) is 26.3 Å². The number of primary amides is 1. The number of aromatic hydroxyl groups is 1. The second-order valence-electron chi connectivity index (χ2n) is 6.59. The minimum atomic E-state index is -3.63. The fraction of sp³-hybridized carbons (Fsp3) is 0.263. The number of nitrogens with one attached hydrogen (secondary N) is 1. The number of aliphatic hydroxyl groups excluding tert-OH is 1. The van der Waals surface area contributed by atoms with Crippen molar-refractivity contribution in [1.82, 2.24) is 5.32 Å². The predicted molar refractivity (Wildman–Crippen MR) is 108 cm³/mol. The summed E-state index contributed by atoms with van der Waals surface area (Å²) in [5.74, 6) is -1.37. The zero-order valence-corrected chi connectivity index (χ0v) is 16.8. The molecule has 2 aromatic rings. The highest BCUT2D eigenvalue weighted by molar-refractivity contribution is 7.92. The van der Waals surface area contributed by atoms with Crippen LogP contribution in [0.3, 0.4) is 0 Å². The number of anilines is 1. The largest absolute Gasteiger partial charge is 0.508 e. The molecule has 29 heavy (non-hydrogen) atoms. The number of carbonyl (C=O) groups is 2. The Morgan fingerprint density at radius 2 is 1.83 bits per heavy atom. The number of nitrogens with zero attached hydrogens (tertiary/aromatic N) is 1. The molecule has 9 nitrogen and oxygen atoms in total. The summed E-state index contributed by atoms with van der Waals surface area (Å²) in [6.07, 6.45) is 1.24. The molecule has 5 N–H and O–H groups in total. The lowest BCUT2D eigenvalue weighted by molar-refractivity contribution is 0.0916. The van der Waals surface area contributed by atoms with Gasteiger partial charge < -0.3 is 21.3 Å². The van der Waals surface area contributed by atoms with Crippen LogP contribution in [0.15, 0.2) is 42.5 Å². The van der Waals surface area contributed by atoms with Crippen LogP contribution in [0.5, 0.6) is 5.75 Å². The lowest BCUT2D eigenvalue weighted by Gasteiger charge is -2.20. The number of benzene rings is 2. The zero-order valence-electron chi connectivity index (χ0n) is 16.0. The van der Waals surface area contributed by atoms with Crippen molar-refractivity contribution < 1.29 is 28.2 Å². The number of amides is 2. The third-order valence-electron chi connectivity index (χ3n) is 4.27. The van der Waals surface area contributed by atoms with E-state index in [0.717, 1.165) is 10.6 Å². The number of phenolic OH excluding ortho intramolecular Hbond substituents is 1. The molecule has 2 amide bonds. The topological polar surface area (TPSA) is 150 Å². The SMILES string of the molecule is CN(c1cc(C(N)=O)cc(C(=O)NC(CO)Cc2cccc(O)c2)c1)S(C)(=O)=O. The van der Waals surface area contributed by atoms with Crippen LogP contribution in [0.25, 0.3) is 0 Å². The van der Waals surface area contributed by atoms with Gasteiger partial charge in [-0.1, -0.05) is 12.1 Å². The van der Waals surface area contributed by atoms with E-state index in [1.165, 1.54) is 37.4 Å². The minimum Gasteiger partial charge on any atom is -0.508 e. The second-order valence-corrected chi connectivity index (χ2v) is 8.60. The fourth-order valence-electron chi connectivity index (χ4n) is 2.66. The molecule has 10 heteroatoms. The minimum absolute atomic E-state index is 0.0150. The van der Waals surface area contributed by atoms with Gasteiger partial charge in [0.2, 0.25) is 15.9 Å². The highest BCUT2D eigenvalue weighted by Crippen LogP contribution is 2.21. The van der Waals surface area contributed by atoms with Crippen molar-refractivity contribution >= 4 is 27.5 Å². The number of nitrogens with two attached hydrogens (primary N) is 1. The summed E-state index contributed by atoms with van der Waals surface area (Å²) in [6, 6.07) is 9.57. The summed E-state index contributed by atoms with van der Waals surface area (Å²) < 4.78 is 24.5. The maximum atomic E-state index is 12.7. The molecule has 0 saturated carbocycles.